The molecule has 1 N–H and O–H groups in total. The molecule has 0 fully saturated rings. The number of rotatable bonds is 4. The number of ether oxygens (including phenoxy) is 1. The summed E-state index contributed by atoms with van der Waals surface area (Å²) in [4.78, 5) is 0. The number of benzene rings is 2. The molecule has 132 valence electrons. The molecule has 0 aliphatic heterocycles. The summed E-state index contributed by atoms with van der Waals surface area (Å²) in [6.07, 6.45) is -7.41. The van der Waals surface area contributed by atoms with Crippen LogP contribution in [0, 0.1) is 0 Å². The van der Waals surface area contributed by atoms with Crippen molar-refractivity contribution in [2.45, 2.75) is 32.2 Å². The fourth-order valence-electron chi connectivity index (χ4n) is 2.45. The second-order valence-electron chi connectivity index (χ2n) is 5.84. The average Bonchev–Trinajstić information content (AvgIpc) is 3.01. The zero-order chi connectivity index (χ0) is 18.2. The lowest BCUT2D eigenvalue weighted by molar-refractivity contribution is -0.206. The number of aliphatic hydroxyl groups excluding tert-OH is 1. The molecule has 1 aromatic heterocycles. The Morgan fingerprint density at radius 3 is 2.52 bits per heavy atom. The molecule has 3 aromatic rings. The number of alkyl halides is 3. The molecule has 1 atom stereocenters. The molecule has 0 saturated heterocycles. The van der Waals surface area contributed by atoms with Crippen molar-refractivity contribution in [1.82, 2.24) is 10.3 Å². The van der Waals surface area contributed by atoms with E-state index in [1.165, 1.54) is 18.2 Å². The van der Waals surface area contributed by atoms with Crippen LogP contribution in [-0.2, 0) is 0 Å². The highest BCUT2D eigenvalue weighted by molar-refractivity contribution is 5.86. The van der Waals surface area contributed by atoms with E-state index in [-0.39, 0.29) is 11.7 Å². The number of hydrogen-bond acceptors (Lipinski definition) is 5. The molecule has 8 heteroatoms. The van der Waals surface area contributed by atoms with Crippen molar-refractivity contribution >= 4 is 11.0 Å². The minimum absolute atomic E-state index is 0.131. The quantitative estimate of drug-likeness (QED) is 0.759. The summed E-state index contributed by atoms with van der Waals surface area (Å²) in [5, 5.41) is 17.0. The van der Waals surface area contributed by atoms with Crippen LogP contribution in [0.15, 0.2) is 41.0 Å². The molecule has 0 spiro atoms. The van der Waals surface area contributed by atoms with Crippen LogP contribution in [0.1, 0.15) is 25.5 Å². The van der Waals surface area contributed by atoms with Crippen molar-refractivity contribution in [3.63, 3.8) is 0 Å². The molecule has 2 aromatic carbocycles. The smallest absolute Gasteiger partial charge is 0.418 e. The third kappa shape index (κ3) is 3.58. The van der Waals surface area contributed by atoms with Crippen molar-refractivity contribution in [2.24, 2.45) is 0 Å². The van der Waals surface area contributed by atoms with E-state index in [1.54, 1.807) is 18.2 Å². The van der Waals surface area contributed by atoms with Gasteiger partial charge in [-0.15, -0.1) is 0 Å². The van der Waals surface area contributed by atoms with Crippen LogP contribution in [0.5, 0.6) is 5.75 Å². The number of aromatic nitrogens is 2. The van der Waals surface area contributed by atoms with E-state index in [0.29, 0.717) is 27.9 Å². The fraction of sp³-hybridized carbons (Fsp3) is 0.294. The van der Waals surface area contributed by atoms with Gasteiger partial charge in [-0.2, -0.15) is 13.2 Å². The van der Waals surface area contributed by atoms with Crippen LogP contribution >= 0.6 is 0 Å². The Hall–Kier alpha value is -2.61. The molecule has 25 heavy (non-hydrogen) atoms. The van der Waals surface area contributed by atoms with Crippen LogP contribution < -0.4 is 4.74 Å². The summed E-state index contributed by atoms with van der Waals surface area (Å²) in [5.41, 5.74) is 1.68. The van der Waals surface area contributed by atoms with Crippen molar-refractivity contribution in [3.8, 4) is 16.9 Å². The Morgan fingerprint density at radius 2 is 1.84 bits per heavy atom. The van der Waals surface area contributed by atoms with Gasteiger partial charge in [-0.1, -0.05) is 18.2 Å². The first kappa shape index (κ1) is 17.2. The van der Waals surface area contributed by atoms with Crippen LogP contribution in [0.25, 0.3) is 22.2 Å². The molecule has 0 aliphatic rings. The van der Waals surface area contributed by atoms with Gasteiger partial charge in [-0.25, -0.2) is 4.63 Å². The van der Waals surface area contributed by atoms with E-state index in [4.69, 9.17) is 9.37 Å². The monoisotopic (exact) mass is 352 g/mol. The van der Waals surface area contributed by atoms with Gasteiger partial charge in [0.15, 0.2) is 17.4 Å². The lowest BCUT2D eigenvalue weighted by Crippen LogP contribution is -2.20. The maximum atomic E-state index is 12.7. The standard InChI is InChI=1S/C17H15F3N2O3/c1-9(2)24-14-8-12(7-13-15(14)22-25-21-13)10-4-3-5-11(6-10)16(23)17(18,19)20/h3-9,16,23H,1-2H3. The molecule has 0 saturated carbocycles. The third-order valence-electron chi connectivity index (χ3n) is 3.53. The number of fused-ring (bicyclic) bond motifs is 1. The van der Waals surface area contributed by atoms with E-state index in [2.05, 4.69) is 10.3 Å². The highest BCUT2D eigenvalue weighted by atomic mass is 19.4. The molecular formula is C17H15F3N2O3. The van der Waals surface area contributed by atoms with Gasteiger partial charge in [0, 0.05) is 0 Å². The topological polar surface area (TPSA) is 68.4 Å². The second kappa shape index (κ2) is 6.36. The Bertz CT molecular complexity index is 890. The fourth-order valence-corrected chi connectivity index (χ4v) is 2.45. The Balaban J connectivity index is 2.07. The van der Waals surface area contributed by atoms with Crippen LogP contribution in [0.3, 0.4) is 0 Å². The summed E-state index contributed by atoms with van der Waals surface area (Å²) < 4.78 is 48.6. The minimum Gasteiger partial charge on any atom is -0.489 e. The SMILES string of the molecule is CC(C)Oc1cc(-c2cccc(C(O)C(F)(F)F)c2)cc2nonc12. The summed E-state index contributed by atoms with van der Waals surface area (Å²) in [7, 11) is 0. The van der Waals surface area contributed by atoms with Gasteiger partial charge in [0.2, 0.25) is 0 Å². The first-order valence-electron chi connectivity index (χ1n) is 7.54. The number of nitrogens with zero attached hydrogens (tertiary/aromatic N) is 2. The van der Waals surface area contributed by atoms with Crippen molar-refractivity contribution in [2.75, 3.05) is 0 Å². The Morgan fingerprint density at radius 1 is 1.08 bits per heavy atom. The first-order chi connectivity index (χ1) is 11.8. The molecule has 0 amide bonds. The van der Waals surface area contributed by atoms with Crippen LogP contribution in [-0.4, -0.2) is 27.7 Å². The zero-order valence-electron chi connectivity index (χ0n) is 13.4. The van der Waals surface area contributed by atoms with Gasteiger partial charge in [-0.05, 0) is 59.1 Å². The second-order valence-corrected chi connectivity index (χ2v) is 5.84. The van der Waals surface area contributed by atoms with Crippen LogP contribution in [0.4, 0.5) is 13.2 Å². The normalized spacial score (nSPS) is 13.4. The van der Waals surface area contributed by atoms with E-state index in [0.717, 1.165) is 0 Å². The summed E-state index contributed by atoms with van der Waals surface area (Å²) in [5.74, 6) is 0.422. The molecule has 0 radical (unpaired) electrons. The number of aliphatic hydroxyl groups is 1. The van der Waals surface area contributed by atoms with Gasteiger partial charge in [-0.3, -0.25) is 0 Å². The van der Waals surface area contributed by atoms with Gasteiger partial charge in [0.25, 0.3) is 0 Å². The average molecular weight is 352 g/mol. The molecule has 5 nitrogen and oxygen atoms in total. The number of hydrogen-bond donors (Lipinski definition) is 1. The van der Waals surface area contributed by atoms with Gasteiger partial charge in [0.05, 0.1) is 6.10 Å². The Kier molecular flexibility index (Phi) is 4.38. The summed E-state index contributed by atoms with van der Waals surface area (Å²) >= 11 is 0. The lowest BCUT2D eigenvalue weighted by Gasteiger charge is -2.16. The van der Waals surface area contributed by atoms with Gasteiger partial charge in [0.1, 0.15) is 5.52 Å². The largest absolute Gasteiger partial charge is 0.489 e. The van der Waals surface area contributed by atoms with E-state index < -0.39 is 12.3 Å². The summed E-state index contributed by atoms with van der Waals surface area (Å²) in [6, 6.07) is 8.90. The van der Waals surface area contributed by atoms with E-state index in [1.807, 2.05) is 13.8 Å². The molecule has 3 rings (SSSR count). The predicted octanol–water partition coefficient (Wildman–Crippen LogP) is 4.27. The molecule has 0 bridgehead atoms. The van der Waals surface area contributed by atoms with Gasteiger partial charge >= 0.3 is 6.18 Å². The molecule has 0 aliphatic carbocycles. The zero-order valence-corrected chi connectivity index (χ0v) is 13.4. The maximum absolute atomic E-state index is 12.7. The highest BCUT2D eigenvalue weighted by Gasteiger charge is 2.39. The van der Waals surface area contributed by atoms with E-state index in [9.17, 15) is 18.3 Å². The van der Waals surface area contributed by atoms with Crippen molar-refractivity contribution < 1.29 is 27.6 Å². The van der Waals surface area contributed by atoms with Crippen LogP contribution in [0.2, 0.25) is 0 Å². The number of halogens is 3. The molecule has 1 unspecified atom stereocenters. The van der Waals surface area contributed by atoms with E-state index >= 15 is 0 Å². The molecular weight excluding hydrogens is 337 g/mol. The third-order valence-corrected chi connectivity index (χ3v) is 3.53. The maximum Gasteiger partial charge on any atom is 0.418 e. The first-order valence-corrected chi connectivity index (χ1v) is 7.54. The predicted molar refractivity (Wildman–Crippen MR) is 84.0 cm³/mol. The van der Waals surface area contributed by atoms with Crippen molar-refractivity contribution in [1.29, 1.82) is 0 Å². The Labute approximate surface area is 141 Å². The van der Waals surface area contributed by atoms with Crippen molar-refractivity contribution in [3.05, 3.63) is 42.0 Å². The summed E-state index contributed by atoms with van der Waals surface area (Å²) in [6.45, 7) is 3.68. The minimum atomic E-state index is -4.73. The highest BCUT2D eigenvalue weighted by Crippen LogP contribution is 2.36. The van der Waals surface area contributed by atoms with Gasteiger partial charge < -0.3 is 9.84 Å². The lowest BCUT2D eigenvalue weighted by atomic mass is 9.99. The molecule has 1 heterocycles.